The highest BCUT2D eigenvalue weighted by Gasteiger charge is 2.29. The van der Waals surface area contributed by atoms with Crippen LogP contribution < -0.4 is 0 Å². The molecule has 4 rings (SSSR count). The maximum Gasteiger partial charge on any atom is 0.341 e. The molecule has 218 valence electrons. The summed E-state index contributed by atoms with van der Waals surface area (Å²) in [5, 5.41) is 18.6. The molecule has 0 aliphatic heterocycles. The van der Waals surface area contributed by atoms with Crippen molar-refractivity contribution in [1.82, 2.24) is 0 Å². The number of aromatic hydroxyl groups is 2. The Morgan fingerprint density at radius 1 is 0.780 bits per heavy atom. The molecular weight excluding hydrogens is 550 g/mol. The van der Waals surface area contributed by atoms with Gasteiger partial charge in [-0.25, -0.2) is 22.4 Å². The number of phenols is 2. The molecule has 41 heavy (non-hydrogen) atoms. The minimum atomic E-state index is -1.61. The number of hydrogen-bond donors (Lipinski definition) is 2. The Labute approximate surface area is 232 Å². The van der Waals surface area contributed by atoms with Crippen LogP contribution in [0.5, 0.6) is 11.5 Å². The third kappa shape index (κ3) is 6.21. The van der Waals surface area contributed by atoms with Crippen molar-refractivity contribution in [2.24, 2.45) is 11.8 Å². The molecular formula is C31H28F6O4. The zero-order valence-electron chi connectivity index (χ0n) is 22.3. The summed E-state index contributed by atoms with van der Waals surface area (Å²) < 4.78 is 90.6. The standard InChI is InChI=1S/C31H28F6O4/c1-15(3-4-16(2)19-11-13-23(38)29(36)25(19)32)17-5-7-18(8-6-17)41-31(40)22-10-9-20(26(33)28(22)35)21-12-14-24(39)30(37)27(21)34/h4,9-15,17-18,38-39H,3,5-8H2,1-2H3/b16-4+. The molecule has 1 saturated carbocycles. The van der Waals surface area contributed by atoms with Crippen molar-refractivity contribution in [2.75, 3.05) is 0 Å². The first kappa shape index (κ1) is 30.0. The minimum absolute atomic E-state index is 0.0696. The first-order chi connectivity index (χ1) is 19.4. The molecule has 0 amide bonds. The van der Waals surface area contributed by atoms with Crippen molar-refractivity contribution in [3.63, 3.8) is 0 Å². The van der Waals surface area contributed by atoms with Gasteiger partial charge in [0.25, 0.3) is 0 Å². The monoisotopic (exact) mass is 578 g/mol. The van der Waals surface area contributed by atoms with E-state index in [1.807, 2.05) is 13.0 Å². The Balaban J connectivity index is 1.35. The van der Waals surface area contributed by atoms with E-state index in [1.54, 1.807) is 6.92 Å². The Kier molecular flexibility index (Phi) is 8.99. The van der Waals surface area contributed by atoms with Crippen LogP contribution in [0.1, 0.15) is 61.9 Å². The second kappa shape index (κ2) is 12.3. The molecule has 4 nitrogen and oxygen atoms in total. The molecule has 2 N–H and O–H groups in total. The lowest BCUT2D eigenvalue weighted by Gasteiger charge is -2.31. The average Bonchev–Trinajstić information content (AvgIpc) is 2.95. The van der Waals surface area contributed by atoms with Crippen LogP contribution in [0, 0.1) is 46.7 Å². The van der Waals surface area contributed by atoms with E-state index in [9.17, 15) is 41.4 Å². The van der Waals surface area contributed by atoms with Gasteiger partial charge in [-0.1, -0.05) is 19.1 Å². The highest BCUT2D eigenvalue weighted by Crippen LogP contribution is 2.36. The van der Waals surface area contributed by atoms with Crippen LogP contribution in [0.2, 0.25) is 0 Å². The van der Waals surface area contributed by atoms with Crippen molar-refractivity contribution in [2.45, 2.75) is 52.1 Å². The lowest BCUT2D eigenvalue weighted by molar-refractivity contribution is 0.0132. The second-order valence-electron chi connectivity index (χ2n) is 10.4. The van der Waals surface area contributed by atoms with Crippen molar-refractivity contribution in [3.05, 3.63) is 88.5 Å². The first-order valence-electron chi connectivity index (χ1n) is 13.1. The third-order valence-electron chi connectivity index (χ3n) is 7.73. The van der Waals surface area contributed by atoms with Gasteiger partial charge in [0.1, 0.15) is 6.10 Å². The summed E-state index contributed by atoms with van der Waals surface area (Å²) in [5.41, 5.74) is -1.31. The summed E-state index contributed by atoms with van der Waals surface area (Å²) in [6.45, 7) is 3.68. The van der Waals surface area contributed by atoms with Gasteiger partial charge in [0.2, 0.25) is 11.6 Å². The number of carbonyl (C=O) groups is 1. The molecule has 1 unspecified atom stereocenters. The largest absolute Gasteiger partial charge is 0.505 e. The highest BCUT2D eigenvalue weighted by molar-refractivity contribution is 5.90. The Bertz CT molecular complexity index is 1490. The van der Waals surface area contributed by atoms with Gasteiger partial charge in [0.05, 0.1) is 5.56 Å². The first-order valence-corrected chi connectivity index (χ1v) is 13.1. The van der Waals surface area contributed by atoms with Gasteiger partial charge < -0.3 is 14.9 Å². The molecule has 3 aromatic carbocycles. The van der Waals surface area contributed by atoms with Crippen LogP contribution in [0.3, 0.4) is 0 Å². The van der Waals surface area contributed by atoms with Gasteiger partial charge in [-0.15, -0.1) is 0 Å². The summed E-state index contributed by atoms with van der Waals surface area (Å²) in [4.78, 5) is 12.6. The fourth-order valence-corrected chi connectivity index (χ4v) is 5.16. The van der Waals surface area contributed by atoms with Crippen LogP contribution in [-0.4, -0.2) is 22.3 Å². The molecule has 0 spiro atoms. The van der Waals surface area contributed by atoms with Gasteiger partial charge >= 0.3 is 5.97 Å². The van der Waals surface area contributed by atoms with Gasteiger partial charge in [-0.05, 0) is 86.8 Å². The van der Waals surface area contributed by atoms with E-state index in [-0.39, 0.29) is 17.4 Å². The smallest absolute Gasteiger partial charge is 0.341 e. The van der Waals surface area contributed by atoms with Crippen LogP contribution in [-0.2, 0) is 4.74 Å². The number of halogens is 6. The predicted molar refractivity (Wildman–Crippen MR) is 140 cm³/mol. The highest BCUT2D eigenvalue weighted by atomic mass is 19.2. The Morgan fingerprint density at radius 3 is 1.90 bits per heavy atom. The molecule has 1 aliphatic rings. The number of hydrogen-bond acceptors (Lipinski definition) is 4. The summed E-state index contributed by atoms with van der Waals surface area (Å²) in [6.07, 6.45) is 4.23. The summed E-state index contributed by atoms with van der Waals surface area (Å²) in [7, 11) is 0. The maximum atomic E-state index is 14.8. The van der Waals surface area contributed by atoms with Crippen molar-refractivity contribution in [1.29, 1.82) is 0 Å². The van der Waals surface area contributed by atoms with Crippen LogP contribution in [0.4, 0.5) is 26.3 Å². The average molecular weight is 579 g/mol. The Morgan fingerprint density at radius 2 is 1.27 bits per heavy atom. The molecule has 0 heterocycles. The number of esters is 1. The molecule has 0 radical (unpaired) electrons. The van der Waals surface area contributed by atoms with Gasteiger partial charge in [-0.3, -0.25) is 0 Å². The maximum absolute atomic E-state index is 14.8. The van der Waals surface area contributed by atoms with Crippen molar-refractivity contribution < 1.29 is 46.1 Å². The summed E-state index contributed by atoms with van der Waals surface area (Å²) in [6, 6.07) is 5.99. The van der Waals surface area contributed by atoms with Crippen LogP contribution in [0.25, 0.3) is 16.7 Å². The molecule has 10 heteroatoms. The molecule has 0 bridgehead atoms. The van der Waals surface area contributed by atoms with E-state index in [4.69, 9.17) is 4.74 Å². The van der Waals surface area contributed by atoms with Gasteiger partial charge in [0.15, 0.2) is 34.8 Å². The fraction of sp³-hybridized carbons (Fsp3) is 0.323. The van der Waals surface area contributed by atoms with E-state index < -0.39 is 75.2 Å². The number of benzene rings is 3. The van der Waals surface area contributed by atoms with Crippen LogP contribution in [0.15, 0.2) is 42.5 Å². The Hall–Kier alpha value is -3.95. The predicted octanol–water partition coefficient (Wildman–Crippen LogP) is 8.44. The van der Waals surface area contributed by atoms with E-state index in [0.717, 1.165) is 30.3 Å². The zero-order valence-corrected chi connectivity index (χ0v) is 22.3. The fourth-order valence-electron chi connectivity index (χ4n) is 5.16. The van der Waals surface area contributed by atoms with Crippen LogP contribution >= 0.6 is 0 Å². The normalized spacial score (nSPS) is 18.3. The molecule has 3 aromatic rings. The van der Waals surface area contributed by atoms with E-state index in [1.165, 1.54) is 6.07 Å². The number of carbonyl (C=O) groups excluding carboxylic acids is 1. The number of ether oxygens (including phenoxy) is 1. The molecule has 1 aliphatic carbocycles. The number of phenolic OH excluding ortho intramolecular Hbond substituents is 2. The van der Waals surface area contributed by atoms with Gasteiger partial charge in [0, 0.05) is 16.7 Å². The zero-order chi connectivity index (χ0) is 30.0. The van der Waals surface area contributed by atoms with Crippen molar-refractivity contribution in [3.8, 4) is 22.6 Å². The third-order valence-corrected chi connectivity index (χ3v) is 7.73. The molecule has 1 fully saturated rings. The number of rotatable bonds is 7. The van der Waals surface area contributed by atoms with E-state index >= 15 is 0 Å². The van der Waals surface area contributed by atoms with Crippen molar-refractivity contribution >= 4 is 11.5 Å². The lowest BCUT2D eigenvalue weighted by atomic mass is 9.78. The molecule has 1 atom stereocenters. The minimum Gasteiger partial charge on any atom is -0.505 e. The number of allylic oxidation sites excluding steroid dienone is 2. The molecule has 0 aromatic heterocycles. The summed E-state index contributed by atoms with van der Waals surface area (Å²) >= 11 is 0. The topological polar surface area (TPSA) is 66.8 Å². The van der Waals surface area contributed by atoms with E-state index in [0.29, 0.717) is 37.7 Å². The molecule has 0 saturated heterocycles. The quantitative estimate of drug-likeness (QED) is 0.218. The van der Waals surface area contributed by atoms with Gasteiger partial charge in [-0.2, -0.15) is 8.78 Å². The second-order valence-corrected chi connectivity index (χ2v) is 10.4. The van der Waals surface area contributed by atoms with E-state index in [2.05, 4.69) is 0 Å². The SMILES string of the molecule is C/C(=C\CC(C)C1CCC(OC(=O)c2ccc(-c3ccc(O)c(F)c3F)c(F)c2F)CC1)c1ccc(O)c(F)c1F. The lowest BCUT2D eigenvalue weighted by Crippen LogP contribution is -2.27. The summed E-state index contributed by atoms with van der Waals surface area (Å²) in [5.74, 6) is -11.1.